The molecule has 1 fully saturated rings. The fourth-order valence-corrected chi connectivity index (χ4v) is 2.27. The first kappa shape index (κ1) is 14.5. The molecule has 1 aliphatic rings. The fourth-order valence-electron chi connectivity index (χ4n) is 2.27. The molecular weight excluding hydrogens is 260 g/mol. The Labute approximate surface area is 117 Å². The second kappa shape index (κ2) is 6.47. The minimum Gasteiger partial charge on any atom is -0.478 e. The van der Waals surface area contributed by atoms with Gasteiger partial charge in [-0.25, -0.2) is 4.79 Å². The molecule has 0 unspecified atom stereocenters. The Balaban J connectivity index is 2.24. The standard InChI is InChI=1S/C14H18N2O4/c17-9-3-8-16(10-4-1-5-10)13(18)12-11(14(19)20)6-2-7-15-12/h2,6-7,10,17H,1,3-5,8-9H2,(H,19,20). The molecule has 1 saturated carbocycles. The summed E-state index contributed by atoms with van der Waals surface area (Å²) in [6.07, 6.45) is 4.82. The number of hydrogen-bond donors (Lipinski definition) is 2. The van der Waals surface area contributed by atoms with Gasteiger partial charge in [0.05, 0.1) is 5.56 Å². The lowest BCUT2D eigenvalue weighted by atomic mass is 9.91. The first-order valence-corrected chi connectivity index (χ1v) is 6.75. The van der Waals surface area contributed by atoms with E-state index in [2.05, 4.69) is 4.98 Å². The van der Waals surface area contributed by atoms with Crippen LogP contribution in [0.2, 0.25) is 0 Å². The maximum absolute atomic E-state index is 12.5. The summed E-state index contributed by atoms with van der Waals surface area (Å²) in [4.78, 5) is 29.3. The Bertz CT molecular complexity index is 500. The van der Waals surface area contributed by atoms with E-state index in [1.807, 2.05) is 0 Å². The van der Waals surface area contributed by atoms with Crippen molar-refractivity contribution < 1.29 is 19.8 Å². The molecule has 1 heterocycles. The van der Waals surface area contributed by atoms with E-state index in [4.69, 9.17) is 10.2 Å². The van der Waals surface area contributed by atoms with Gasteiger partial charge in [0.15, 0.2) is 0 Å². The zero-order valence-corrected chi connectivity index (χ0v) is 11.2. The smallest absolute Gasteiger partial charge is 0.338 e. The van der Waals surface area contributed by atoms with Crippen LogP contribution in [-0.4, -0.2) is 51.2 Å². The van der Waals surface area contributed by atoms with E-state index in [-0.39, 0.29) is 29.8 Å². The molecule has 1 aromatic rings. The third-order valence-electron chi connectivity index (χ3n) is 3.57. The van der Waals surface area contributed by atoms with Crippen molar-refractivity contribution in [3.05, 3.63) is 29.6 Å². The van der Waals surface area contributed by atoms with Gasteiger partial charge < -0.3 is 15.1 Å². The van der Waals surface area contributed by atoms with E-state index >= 15 is 0 Å². The van der Waals surface area contributed by atoms with E-state index in [1.165, 1.54) is 18.3 Å². The molecule has 20 heavy (non-hydrogen) atoms. The third-order valence-corrected chi connectivity index (χ3v) is 3.57. The number of nitrogens with zero attached hydrogens (tertiary/aromatic N) is 2. The average Bonchev–Trinajstić information content (AvgIpc) is 2.40. The Morgan fingerprint density at radius 3 is 2.70 bits per heavy atom. The van der Waals surface area contributed by atoms with E-state index < -0.39 is 5.97 Å². The number of pyridine rings is 1. The molecule has 0 aliphatic heterocycles. The number of aromatic carboxylic acids is 1. The van der Waals surface area contributed by atoms with Crippen LogP contribution in [0.4, 0.5) is 0 Å². The number of rotatable bonds is 6. The van der Waals surface area contributed by atoms with Gasteiger partial charge in [0.2, 0.25) is 0 Å². The lowest BCUT2D eigenvalue weighted by molar-refractivity contribution is 0.0543. The third kappa shape index (κ3) is 2.96. The average molecular weight is 278 g/mol. The predicted molar refractivity (Wildman–Crippen MR) is 71.6 cm³/mol. The van der Waals surface area contributed by atoms with Gasteiger partial charge in [-0.2, -0.15) is 0 Å². The fraction of sp³-hybridized carbons (Fsp3) is 0.500. The molecule has 6 nitrogen and oxygen atoms in total. The minimum atomic E-state index is -1.16. The largest absolute Gasteiger partial charge is 0.478 e. The Morgan fingerprint density at radius 2 is 2.15 bits per heavy atom. The number of carbonyl (C=O) groups is 2. The van der Waals surface area contributed by atoms with Gasteiger partial charge in [-0.05, 0) is 37.8 Å². The molecule has 1 amide bonds. The Hall–Kier alpha value is -1.95. The van der Waals surface area contributed by atoms with Crippen molar-refractivity contribution in [3.8, 4) is 0 Å². The predicted octanol–water partition coefficient (Wildman–Crippen LogP) is 1.16. The van der Waals surface area contributed by atoms with Gasteiger partial charge in [-0.15, -0.1) is 0 Å². The van der Waals surface area contributed by atoms with Crippen LogP contribution < -0.4 is 0 Å². The summed E-state index contributed by atoms with van der Waals surface area (Å²) in [7, 11) is 0. The summed E-state index contributed by atoms with van der Waals surface area (Å²) >= 11 is 0. The lowest BCUT2D eigenvalue weighted by Gasteiger charge is -2.37. The lowest BCUT2D eigenvalue weighted by Crippen LogP contribution is -2.45. The van der Waals surface area contributed by atoms with Crippen LogP contribution in [0.25, 0.3) is 0 Å². The van der Waals surface area contributed by atoms with Crippen LogP contribution in [0.5, 0.6) is 0 Å². The van der Waals surface area contributed by atoms with E-state index in [9.17, 15) is 9.59 Å². The van der Waals surface area contributed by atoms with Crippen LogP contribution in [0.1, 0.15) is 46.5 Å². The molecule has 108 valence electrons. The minimum absolute atomic E-state index is 0.00447. The summed E-state index contributed by atoms with van der Waals surface area (Å²) in [5, 5.41) is 18.1. The van der Waals surface area contributed by atoms with Crippen molar-refractivity contribution in [1.29, 1.82) is 0 Å². The van der Waals surface area contributed by atoms with Gasteiger partial charge in [0.1, 0.15) is 5.69 Å². The summed E-state index contributed by atoms with van der Waals surface area (Å²) in [5.74, 6) is -1.52. The second-order valence-corrected chi connectivity index (χ2v) is 4.87. The van der Waals surface area contributed by atoms with Crippen LogP contribution in [0.3, 0.4) is 0 Å². The SMILES string of the molecule is O=C(O)c1cccnc1C(=O)N(CCCO)C1CCC1. The molecule has 0 saturated heterocycles. The van der Waals surface area contributed by atoms with Crippen LogP contribution in [0, 0.1) is 0 Å². The summed E-state index contributed by atoms with van der Waals surface area (Å²) in [5.41, 5.74) is -0.101. The van der Waals surface area contributed by atoms with Crippen LogP contribution in [-0.2, 0) is 0 Å². The molecule has 0 aromatic carbocycles. The molecule has 2 N–H and O–H groups in total. The van der Waals surface area contributed by atoms with Gasteiger partial charge in [0.25, 0.3) is 5.91 Å². The van der Waals surface area contributed by atoms with Crippen molar-refractivity contribution in [2.75, 3.05) is 13.2 Å². The number of aliphatic hydroxyl groups is 1. The molecule has 1 aliphatic carbocycles. The maximum atomic E-state index is 12.5. The molecule has 0 bridgehead atoms. The van der Waals surface area contributed by atoms with E-state index in [1.54, 1.807) is 4.90 Å². The normalized spacial score (nSPS) is 14.7. The van der Waals surface area contributed by atoms with E-state index in [0.29, 0.717) is 13.0 Å². The van der Waals surface area contributed by atoms with Gasteiger partial charge in [0, 0.05) is 25.4 Å². The maximum Gasteiger partial charge on any atom is 0.338 e. The molecule has 0 radical (unpaired) electrons. The highest BCUT2D eigenvalue weighted by Gasteiger charge is 2.31. The van der Waals surface area contributed by atoms with Gasteiger partial charge in [-0.1, -0.05) is 0 Å². The molecule has 2 rings (SSSR count). The summed E-state index contributed by atoms with van der Waals surface area (Å²) < 4.78 is 0. The quantitative estimate of drug-likeness (QED) is 0.814. The molecule has 0 atom stereocenters. The van der Waals surface area contributed by atoms with Crippen LogP contribution in [0.15, 0.2) is 18.3 Å². The van der Waals surface area contributed by atoms with Gasteiger partial charge in [-0.3, -0.25) is 9.78 Å². The number of amides is 1. The summed E-state index contributed by atoms with van der Waals surface area (Å²) in [6, 6.07) is 3.02. The highest BCUT2D eigenvalue weighted by atomic mass is 16.4. The van der Waals surface area contributed by atoms with Crippen LogP contribution >= 0.6 is 0 Å². The molecular formula is C14H18N2O4. The van der Waals surface area contributed by atoms with Crippen molar-refractivity contribution in [2.24, 2.45) is 0 Å². The first-order valence-electron chi connectivity index (χ1n) is 6.75. The van der Waals surface area contributed by atoms with E-state index in [0.717, 1.165) is 19.3 Å². The topological polar surface area (TPSA) is 90.7 Å². The first-order chi connectivity index (χ1) is 9.65. The Morgan fingerprint density at radius 1 is 1.40 bits per heavy atom. The number of carboxylic acids is 1. The van der Waals surface area contributed by atoms with Crippen molar-refractivity contribution in [1.82, 2.24) is 9.88 Å². The number of aromatic nitrogens is 1. The summed E-state index contributed by atoms with van der Waals surface area (Å²) in [6.45, 7) is 0.431. The number of carbonyl (C=O) groups excluding carboxylic acids is 1. The molecule has 1 aromatic heterocycles. The zero-order valence-electron chi connectivity index (χ0n) is 11.2. The highest BCUT2D eigenvalue weighted by Crippen LogP contribution is 2.26. The van der Waals surface area contributed by atoms with Crippen molar-refractivity contribution >= 4 is 11.9 Å². The van der Waals surface area contributed by atoms with Crippen molar-refractivity contribution in [3.63, 3.8) is 0 Å². The monoisotopic (exact) mass is 278 g/mol. The molecule has 6 heteroatoms. The van der Waals surface area contributed by atoms with Crippen molar-refractivity contribution in [2.45, 2.75) is 31.7 Å². The number of aliphatic hydroxyl groups excluding tert-OH is 1. The Kier molecular flexibility index (Phi) is 4.68. The zero-order chi connectivity index (χ0) is 14.5. The molecule has 0 spiro atoms. The van der Waals surface area contributed by atoms with Gasteiger partial charge >= 0.3 is 5.97 Å². The highest BCUT2D eigenvalue weighted by molar-refractivity contribution is 6.03. The number of carboxylic acid groups (broad SMARTS) is 1. The second-order valence-electron chi connectivity index (χ2n) is 4.87. The number of hydrogen-bond acceptors (Lipinski definition) is 4.